The van der Waals surface area contributed by atoms with Gasteiger partial charge in [-0.25, -0.2) is 0 Å². The van der Waals surface area contributed by atoms with Crippen LogP contribution < -0.4 is 10.1 Å². The smallest absolute Gasteiger partial charge is 0.269 e. The van der Waals surface area contributed by atoms with Gasteiger partial charge in [0, 0.05) is 17.8 Å². The third-order valence-corrected chi connectivity index (χ3v) is 4.99. The van der Waals surface area contributed by atoms with Gasteiger partial charge < -0.3 is 10.1 Å². The minimum atomic E-state index is -0.494. The van der Waals surface area contributed by atoms with Gasteiger partial charge in [0.2, 0.25) is 0 Å². The maximum absolute atomic E-state index is 12.4. The standard InChI is InChI=1S/C23H21N5O4/c1-3-16-4-6-17(7-5-16)27-25-21-12-15(2)20(13-22(21)26-27)24-23(29)14-32-19-10-8-18(9-11-19)28(30)31/h4-13H,3,14H2,1-2H3,(H,24,29). The summed E-state index contributed by atoms with van der Waals surface area (Å²) in [7, 11) is 0. The van der Waals surface area contributed by atoms with E-state index < -0.39 is 4.92 Å². The van der Waals surface area contributed by atoms with Crippen molar-refractivity contribution in [1.29, 1.82) is 0 Å². The summed E-state index contributed by atoms with van der Waals surface area (Å²) in [5.41, 5.74) is 4.89. The van der Waals surface area contributed by atoms with E-state index >= 15 is 0 Å². The number of hydrogen-bond acceptors (Lipinski definition) is 6. The first-order valence-corrected chi connectivity index (χ1v) is 10.1. The topological polar surface area (TPSA) is 112 Å². The molecule has 162 valence electrons. The van der Waals surface area contributed by atoms with E-state index in [1.807, 2.05) is 37.3 Å². The largest absolute Gasteiger partial charge is 0.484 e. The van der Waals surface area contributed by atoms with Crippen LogP contribution in [0.2, 0.25) is 0 Å². The van der Waals surface area contributed by atoms with E-state index in [9.17, 15) is 14.9 Å². The molecule has 9 heteroatoms. The number of aromatic nitrogens is 3. The van der Waals surface area contributed by atoms with E-state index in [0.717, 1.165) is 23.2 Å². The Labute approximate surface area is 183 Å². The zero-order valence-corrected chi connectivity index (χ0v) is 17.6. The number of carbonyl (C=O) groups is 1. The monoisotopic (exact) mass is 431 g/mol. The van der Waals surface area contributed by atoms with E-state index in [0.29, 0.717) is 17.0 Å². The van der Waals surface area contributed by atoms with Gasteiger partial charge in [0.15, 0.2) is 6.61 Å². The van der Waals surface area contributed by atoms with Gasteiger partial charge in [-0.1, -0.05) is 19.1 Å². The molecule has 1 N–H and O–H groups in total. The molecular formula is C23H21N5O4. The number of anilines is 1. The predicted octanol–water partition coefficient (Wildman–Crippen LogP) is 4.22. The number of nitrogens with zero attached hydrogens (tertiary/aromatic N) is 4. The molecule has 0 spiro atoms. The third kappa shape index (κ3) is 4.56. The van der Waals surface area contributed by atoms with Crippen LogP contribution in [-0.4, -0.2) is 32.4 Å². The van der Waals surface area contributed by atoms with Crippen LogP contribution in [0.1, 0.15) is 18.1 Å². The molecule has 1 aromatic heterocycles. The number of benzene rings is 3. The third-order valence-electron chi connectivity index (χ3n) is 4.99. The maximum Gasteiger partial charge on any atom is 0.269 e. The molecule has 32 heavy (non-hydrogen) atoms. The Morgan fingerprint density at radius 1 is 1.06 bits per heavy atom. The van der Waals surface area contributed by atoms with Crippen molar-refractivity contribution >= 4 is 28.3 Å². The first-order chi connectivity index (χ1) is 15.4. The van der Waals surface area contributed by atoms with E-state index in [1.165, 1.54) is 29.8 Å². The second-order valence-corrected chi connectivity index (χ2v) is 7.25. The van der Waals surface area contributed by atoms with Crippen LogP contribution in [-0.2, 0) is 11.2 Å². The first kappa shape index (κ1) is 21.0. The predicted molar refractivity (Wildman–Crippen MR) is 120 cm³/mol. The molecule has 0 atom stereocenters. The summed E-state index contributed by atoms with van der Waals surface area (Å²) in [5, 5.41) is 22.6. The molecule has 0 bridgehead atoms. The highest BCUT2D eigenvalue weighted by atomic mass is 16.6. The highest BCUT2D eigenvalue weighted by Gasteiger charge is 2.12. The maximum atomic E-state index is 12.4. The number of hydrogen-bond donors (Lipinski definition) is 1. The number of carbonyl (C=O) groups excluding carboxylic acids is 1. The van der Waals surface area contributed by atoms with Gasteiger partial charge in [-0.05, 0) is 60.9 Å². The summed E-state index contributed by atoms with van der Waals surface area (Å²) >= 11 is 0. The second kappa shape index (κ2) is 8.84. The van der Waals surface area contributed by atoms with Gasteiger partial charge in [0.1, 0.15) is 16.8 Å². The fourth-order valence-electron chi connectivity index (χ4n) is 3.18. The van der Waals surface area contributed by atoms with Gasteiger partial charge in [-0.2, -0.15) is 4.80 Å². The van der Waals surface area contributed by atoms with Crippen molar-refractivity contribution < 1.29 is 14.5 Å². The molecule has 0 radical (unpaired) electrons. The van der Waals surface area contributed by atoms with Gasteiger partial charge in [-0.15, -0.1) is 10.2 Å². The van der Waals surface area contributed by atoms with Crippen molar-refractivity contribution in [3.05, 3.63) is 81.9 Å². The molecule has 1 amide bonds. The van der Waals surface area contributed by atoms with Gasteiger partial charge in [0.05, 0.1) is 10.6 Å². The molecule has 9 nitrogen and oxygen atoms in total. The number of nitro benzene ring substituents is 1. The molecule has 0 saturated heterocycles. The van der Waals surface area contributed by atoms with E-state index in [-0.39, 0.29) is 18.2 Å². The molecule has 0 unspecified atom stereocenters. The Morgan fingerprint density at radius 2 is 1.72 bits per heavy atom. The SMILES string of the molecule is CCc1ccc(-n2nc3cc(C)c(NC(=O)COc4ccc([N+](=O)[O-])cc4)cc3n2)cc1. The molecule has 0 aliphatic heterocycles. The van der Waals surface area contributed by atoms with Gasteiger partial charge in [-0.3, -0.25) is 14.9 Å². The fraction of sp³-hybridized carbons (Fsp3) is 0.174. The minimum absolute atomic E-state index is 0.0416. The molecule has 0 aliphatic rings. The summed E-state index contributed by atoms with van der Waals surface area (Å²) in [6.07, 6.45) is 0.963. The Kier molecular flexibility index (Phi) is 5.80. The lowest BCUT2D eigenvalue weighted by molar-refractivity contribution is -0.384. The fourth-order valence-corrected chi connectivity index (χ4v) is 3.18. The Balaban J connectivity index is 1.45. The number of ether oxygens (including phenoxy) is 1. The van der Waals surface area contributed by atoms with Crippen LogP contribution >= 0.6 is 0 Å². The molecule has 3 aromatic carbocycles. The van der Waals surface area contributed by atoms with Crippen LogP contribution in [0.4, 0.5) is 11.4 Å². The van der Waals surface area contributed by atoms with E-state index in [2.05, 4.69) is 22.4 Å². The number of rotatable bonds is 7. The van der Waals surface area contributed by atoms with E-state index in [4.69, 9.17) is 4.74 Å². The highest BCUT2D eigenvalue weighted by Crippen LogP contribution is 2.23. The van der Waals surface area contributed by atoms with Crippen LogP contribution in [0.5, 0.6) is 5.75 Å². The van der Waals surface area contributed by atoms with Crippen molar-refractivity contribution in [1.82, 2.24) is 15.0 Å². The molecule has 4 aromatic rings. The quantitative estimate of drug-likeness (QED) is 0.346. The highest BCUT2D eigenvalue weighted by molar-refractivity contribution is 5.95. The van der Waals surface area contributed by atoms with Crippen LogP contribution in [0.25, 0.3) is 16.7 Å². The van der Waals surface area contributed by atoms with Crippen molar-refractivity contribution in [3.63, 3.8) is 0 Å². The Bertz CT molecular complexity index is 1280. The molecule has 4 rings (SSSR count). The molecular weight excluding hydrogens is 410 g/mol. The summed E-state index contributed by atoms with van der Waals surface area (Å²) < 4.78 is 5.42. The van der Waals surface area contributed by atoms with E-state index in [1.54, 1.807) is 10.9 Å². The zero-order chi connectivity index (χ0) is 22.7. The minimum Gasteiger partial charge on any atom is -0.484 e. The number of nitrogens with one attached hydrogen (secondary N) is 1. The number of amides is 1. The summed E-state index contributed by atoms with van der Waals surface area (Å²) in [6, 6.07) is 17.2. The normalized spacial score (nSPS) is 10.8. The lowest BCUT2D eigenvalue weighted by Crippen LogP contribution is -2.20. The average molecular weight is 431 g/mol. The van der Waals surface area contributed by atoms with Crippen LogP contribution in [0, 0.1) is 17.0 Å². The van der Waals surface area contributed by atoms with Crippen molar-refractivity contribution in [3.8, 4) is 11.4 Å². The number of fused-ring (bicyclic) bond motifs is 1. The average Bonchev–Trinajstić information content (AvgIpc) is 3.21. The van der Waals surface area contributed by atoms with Crippen molar-refractivity contribution in [2.24, 2.45) is 0 Å². The number of aryl methyl sites for hydroxylation is 2. The number of non-ortho nitro benzene ring substituents is 1. The molecule has 0 fully saturated rings. The molecule has 1 heterocycles. The lowest BCUT2D eigenvalue weighted by atomic mass is 10.1. The summed E-state index contributed by atoms with van der Waals surface area (Å²) in [4.78, 5) is 24.1. The van der Waals surface area contributed by atoms with Crippen molar-refractivity contribution in [2.75, 3.05) is 11.9 Å². The zero-order valence-electron chi connectivity index (χ0n) is 17.6. The second-order valence-electron chi connectivity index (χ2n) is 7.25. The van der Waals surface area contributed by atoms with Crippen molar-refractivity contribution in [2.45, 2.75) is 20.3 Å². The van der Waals surface area contributed by atoms with Crippen LogP contribution in [0.3, 0.4) is 0 Å². The van der Waals surface area contributed by atoms with Crippen LogP contribution in [0.15, 0.2) is 60.7 Å². The van der Waals surface area contributed by atoms with Gasteiger partial charge in [0.25, 0.3) is 11.6 Å². The number of nitro groups is 1. The Hall–Kier alpha value is -4.27. The Morgan fingerprint density at radius 3 is 2.34 bits per heavy atom. The summed E-state index contributed by atoms with van der Waals surface area (Å²) in [6.45, 7) is 3.75. The first-order valence-electron chi connectivity index (χ1n) is 10.1. The molecule has 0 aliphatic carbocycles. The summed E-state index contributed by atoms with van der Waals surface area (Å²) in [5.74, 6) is 0.0170. The van der Waals surface area contributed by atoms with Gasteiger partial charge >= 0.3 is 0 Å². The molecule has 0 saturated carbocycles. The lowest BCUT2D eigenvalue weighted by Gasteiger charge is -2.09.